The molecule has 0 aliphatic rings. The maximum absolute atomic E-state index is 14.0. The first-order valence-corrected chi connectivity index (χ1v) is 11.9. The van der Waals surface area contributed by atoms with Crippen LogP contribution in [0.5, 0.6) is 0 Å². The average Bonchev–Trinajstić information content (AvgIpc) is 3.22. The molecule has 0 aliphatic carbocycles. The van der Waals surface area contributed by atoms with Gasteiger partial charge in [-0.15, -0.1) is 0 Å². The molecule has 2 atom stereocenters. The Morgan fingerprint density at radius 3 is 2.39 bits per heavy atom. The third-order valence-electron chi connectivity index (χ3n) is 5.96. The number of nitrogens with two attached hydrogens (primary N) is 1. The minimum absolute atomic E-state index is 0.203. The minimum Gasteiger partial charge on any atom is -0.341 e. The van der Waals surface area contributed by atoms with Crippen LogP contribution < -0.4 is 11.1 Å². The molecule has 0 spiro atoms. The Bertz CT molecular complexity index is 1170. The molecule has 6 nitrogen and oxygen atoms in total. The van der Waals surface area contributed by atoms with Crippen LogP contribution in [-0.2, 0) is 6.54 Å². The summed E-state index contributed by atoms with van der Waals surface area (Å²) < 4.78 is 42.9. The van der Waals surface area contributed by atoms with Crippen molar-refractivity contribution in [2.45, 2.75) is 45.8 Å². The summed E-state index contributed by atoms with van der Waals surface area (Å²) in [6.45, 7) is 5.73. The Labute approximate surface area is 210 Å². The lowest BCUT2D eigenvalue weighted by molar-refractivity contribution is 0.106. The van der Waals surface area contributed by atoms with Crippen molar-refractivity contribution in [1.82, 2.24) is 19.8 Å². The molecular formula is C27H34F3N5O. The van der Waals surface area contributed by atoms with Crippen molar-refractivity contribution < 1.29 is 18.0 Å². The third-order valence-corrected chi connectivity index (χ3v) is 5.96. The third kappa shape index (κ3) is 6.66. The quantitative estimate of drug-likeness (QED) is 0.418. The molecule has 0 radical (unpaired) electrons. The van der Waals surface area contributed by atoms with Gasteiger partial charge in [-0.25, -0.2) is 22.9 Å². The topological polar surface area (TPSA) is 76.2 Å². The smallest absolute Gasteiger partial charge is 0.317 e. The highest BCUT2D eigenvalue weighted by Gasteiger charge is 2.38. The number of rotatable bonds is 9. The first kappa shape index (κ1) is 27.3. The van der Waals surface area contributed by atoms with E-state index in [1.165, 1.54) is 31.3 Å². The highest BCUT2D eigenvalue weighted by Crippen LogP contribution is 2.39. The molecule has 3 rings (SSSR count). The van der Waals surface area contributed by atoms with Crippen LogP contribution in [0.3, 0.4) is 0 Å². The number of hydrogen-bond acceptors (Lipinski definition) is 3. The zero-order valence-electron chi connectivity index (χ0n) is 21.1. The number of benzene rings is 2. The zero-order chi connectivity index (χ0) is 26.5. The molecule has 36 heavy (non-hydrogen) atoms. The van der Waals surface area contributed by atoms with Crippen molar-refractivity contribution in [2.75, 3.05) is 20.3 Å². The number of amides is 2. The van der Waals surface area contributed by atoms with Gasteiger partial charge >= 0.3 is 6.03 Å². The highest BCUT2D eigenvalue weighted by molar-refractivity contribution is 5.74. The van der Waals surface area contributed by atoms with Crippen molar-refractivity contribution in [2.24, 2.45) is 11.1 Å². The Morgan fingerprint density at radius 1 is 1.14 bits per heavy atom. The molecule has 9 heteroatoms. The molecule has 0 fully saturated rings. The molecule has 0 aliphatic heterocycles. The molecule has 0 saturated heterocycles. The van der Waals surface area contributed by atoms with Crippen LogP contribution in [0.15, 0.2) is 54.7 Å². The predicted molar refractivity (Wildman–Crippen MR) is 135 cm³/mol. The fourth-order valence-corrected chi connectivity index (χ4v) is 4.26. The molecule has 194 valence electrons. The monoisotopic (exact) mass is 501 g/mol. The summed E-state index contributed by atoms with van der Waals surface area (Å²) in [4.78, 5) is 19.5. The Hall–Kier alpha value is -3.33. The number of nitrogens with one attached hydrogen (secondary N) is 1. The minimum atomic E-state index is -0.701. The standard InChI is InChI=1S/C27H34F3N5O/c1-27(2,3)24(35(26(36)32-4)12-11-22(31)15-28)25-33-23(19-8-6-10-21(30)14-19)17-34(25)16-18-7-5-9-20(29)13-18/h5-10,13-14,17,22,24H,11-12,15-16,31H2,1-4H3,(H,32,36)/t22-,24-/m0/s1. The highest BCUT2D eigenvalue weighted by atomic mass is 19.1. The number of aromatic nitrogens is 2. The first-order chi connectivity index (χ1) is 17.0. The molecular weight excluding hydrogens is 467 g/mol. The van der Waals surface area contributed by atoms with Gasteiger partial charge in [0.15, 0.2) is 0 Å². The fourth-order valence-electron chi connectivity index (χ4n) is 4.26. The summed E-state index contributed by atoms with van der Waals surface area (Å²) in [6.07, 6.45) is 2.04. The Balaban J connectivity index is 2.16. The van der Waals surface area contributed by atoms with Crippen molar-refractivity contribution in [1.29, 1.82) is 0 Å². The predicted octanol–water partition coefficient (Wildman–Crippen LogP) is 5.29. The fraction of sp³-hybridized carbons (Fsp3) is 0.407. The lowest BCUT2D eigenvalue weighted by atomic mass is 9.84. The van der Waals surface area contributed by atoms with Gasteiger partial charge in [-0.2, -0.15) is 0 Å². The number of alkyl halides is 1. The molecule has 1 heterocycles. The van der Waals surface area contributed by atoms with E-state index in [1.54, 1.807) is 35.4 Å². The number of halogens is 3. The van der Waals surface area contributed by atoms with Gasteiger partial charge in [-0.1, -0.05) is 45.0 Å². The van der Waals surface area contributed by atoms with Gasteiger partial charge in [0.25, 0.3) is 0 Å². The zero-order valence-corrected chi connectivity index (χ0v) is 21.1. The van der Waals surface area contributed by atoms with E-state index in [9.17, 15) is 18.0 Å². The summed E-state index contributed by atoms with van der Waals surface area (Å²) in [5, 5.41) is 2.67. The summed E-state index contributed by atoms with van der Waals surface area (Å²) in [5.74, 6) is -0.212. The van der Waals surface area contributed by atoms with E-state index in [1.807, 2.05) is 25.3 Å². The van der Waals surface area contributed by atoms with Crippen LogP contribution in [0.1, 0.15) is 44.6 Å². The SMILES string of the molecule is CNC(=O)N(CC[C@H](N)CF)[C@@H](c1nc(-c2cccc(F)c2)cn1Cc1cccc(F)c1)C(C)(C)C. The second-order valence-corrected chi connectivity index (χ2v) is 9.97. The van der Waals surface area contributed by atoms with Gasteiger partial charge in [0.1, 0.15) is 24.1 Å². The van der Waals surface area contributed by atoms with Crippen molar-refractivity contribution >= 4 is 6.03 Å². The Kier molecular flexibility index (Phi) is 8.79. The lowest BCUT2D eigenvalue weighted by Crippen LogP contribution is -2.47. The summed E-state index contributed by atoms with van der Waals surface area (Å²) >= 11 is 0. The van der Waals surface area contributed by atoms with Gasteiger partial charge < -0.3 is 20.5 Å². The van der Waals surface area contributed by atoms with Crippen molar-refractivity contribution in [3.05, 3.63) is 77.8 Å². The largest absolute Gasteiger partial charge is 0.341 e. The van der Waals surface area contributed by atoms with Crippen LogP contribution in [0, 0.1) is 17.0 Å². The number of hydrogen-bond donors (Lipinski definition) is 2. The van der Waals surface area contributed by atoms with Crippen LogP contribution in [-0.4, -0.2) is 46.8 Å². The number of urea groups is 1. The van der Waals surface area contributed by atoms with Gasteiger partial charge in [-0.3, -0.25) is 0 Å². The van der Waals surface area contributed by atoms with E-state index in [-0.39, 0.29) is 31.4 Å². The summed E-state index contributed by atoms with van der Waals surface area (Å²) in [6, 6.07) is 10.7. The maximum atomic E-state index is 14.0. The molecule has 2 amide bonds. The molecule has 2 aromatic carbocycles. The van der Waals surface area contributed by atoms with Gasteiger partial charge in [-0.05, 0) is 41.7 Å². The lowest BCUT2D eigenvalue weighted by Gasteiger charge is -2.40. The molecule has 0 saturated carbocycles. The summed E-state index contributed by atoms with van der Waals surface area (Å²) in [5.41, 5.74) is 7.13. The number of carbonyl (C=O) groups excluding carboxylic acids is 1. The normalized spacial score (nSPS) is 13.3. The Morgan fingerprint density at radius 2 is 1.81 bits per heavy atom. The van der Waals surface area contributed by atoms with E-state index in [0.717, 1.165) is 0 Å². The molecule has 0 unspecified atom stereocenters. The van der Waals surface area contributed by atoms with E-state index in [2.05, 4.69) is 5.32 Å². The average molecular weight is 502 g/mol. The number of nitrogens with zero attached hydrogens (tertiary/aromatic N) is 3. The van der Waals surface area contributed by atoms with Crippen molar-refractivity contribution in [3.8, 4) is 11.3 Å². The van der Waals surface area contributed by atoms with E-state index in [4.69, 9.17) is 10.7 Å². The molecule has 3 N–H and O–H groups in total. The number of imidazole rings is 1. The molecule has 3 aromatic rings. The second kappa shape index (κ2) is 11.6. The maximum Gasteiger partial charge on any atom is 0.317 e. The van der Waals surface area contributed by atoms with Gasteiger partial charge in [0, 0.05) is 37.9 Å². The number of carbonyl (C=O) groups is 1. The van der Waals surface area contributed by atoms with Gasteiger partial charge in [0.2, 0.25) is 0 Å². The van der Waals surface area contributed by atoms with Crippen LogP contribution in [0.4, 0.5) is 18.0 Å². The van der Waals surface area contributed by atoms with Crippen molar-refractivity contribution in [3.63, 3.8) is 0 Å². The van der Waals surface area contributed by atoms with Crippen LogP contribution in [0.2, 0.25) is 0 Å². The second-order valence-electron chi connectivity index (χ2n) is 9.97. The van der Waals surface area contributed by atoms with E-state index >= 15 is 0 Å². The molecule has 1 aromatic heterocycles. The van der Waals surface area contributed by atoms with Crippen LogP contribution in [0.25, 0.3) is 11.3 Å². The summed E-state index contributed by atoms with van der Waals surface area (Å²) in [7, 11) is 1.53. The first-order valence-electron chi connectivity index (χ1n) is 11.9. The van der Waals surface area contributed by atoms with Crippen LogP contribution >= 0.6 is 0 Å². The van der Waals surface area contributed by atoms with E-state index < -0.39 is 30.0 Å². The van der Waals surface area contributed by atoms with E-state index in [0.29, 0.717) is 22.6 Å². The molecule has 0 bridgehead atoms. The van der Waals surface area contributed by atoms with Gasteiger partial charge in [0.05, 0.1) is 11.7 Å².